The monoisotopic (exact) mass is 615 g/mol. The van der Waals surface area contributed by atoms with Gasteiger partial charge in [-0.25, -0.2) is 0 Å². The first-order valence-corrected chi connectivity index (χ1v) is 16.8. The van der Waals surface area contributed by atoms with E-state index in [1.54, 1.807) is 0 Å². The summed E-state index contributed by atoms with van der Waals surface area (Å²) in [5, 5.41) is 5.09. The Labute approximate surface area is 283 Å². The highest BCUT2D eigenvalue weighted by Crippen LogP contribution is 2.39. The van der Waals surface area contributed by atoms with Gasteiger partial charge >= 0.3 is 0 Å². The minimum absolute atomic E-state index is 1.05. The van der Waals surface area contributed by atoms with Crippen molar-refractivity contribution in [3.05, 3.63) is 193 Å². The van der Waals surface area contributed by atoms with E-state index >= 15 is 0 Å². The molecular weight excluding hydrogens is 579 g/mol. The molecule has 0 radical (unpaired) electrons. The zero-order valence-corrected chi connectivity index (χ0v) is 27.2. The van der Waals surface area contributed by atoms with Crippen LogP contribution in [0.4, 0.5) is 11.4 Å². The molecule has 0 aliphatic heterocycles. The maximum atomic E-state index is 4.03. The molecule has 0 atom stereocenters. The van der Waals surface area contributed by atoms with E-state index in [-0.39, 0.29) is 0 Å². The molecule has 8 rings (SSSR count). The predicted molar refractivity (Wildman–Crippen MR) is 207 cm³/mol. The van der Waals surface area contributed by atoms with E-state index < -0.39 is 0 Å². The molecular formula is C47H37N. The van der Waals surface area contributed by atoms with Gasteiger partial charge in [-0.1, -0.05) is 128 Å². The van der Waals surface area contributed by atoms with Gasteiger partial charge in [0.15, 0.2) is 0 Å². The molecule has 0 aromatic heterocycles. The van der Waals surface area contributed by atoms with Crippen LogP contribution in [0, 0.1) is 0 Å². The topological polar surface area (TPSA) is 3.24 Å². The molecule has 1 heteroatoms. The highest BCUT2D eigenvalue weighted by Gasteiger charge is 2.18. The lowest BCUT2D eigenvalue weighted by atomic mass is 9.84. The Morgan fingerprint density at radius 2 is 1.15 bits per heavy atom. The van der Waals surface area contributed by atoms with Crippen molar-refractivity contribution in [2.75, 3.05) is 4.90 Å². The zero-order chi connectivity index (χ0) is 32.5. The molecule has 230 valence electrons. The minimum Gasteiger partial charge on any atom is -0.311 e. The lowest BCUT2D eigenvalue weighted by molar-refractivity contribution is 0.942. The van der Waals surface area contributed by atoms with Crippen molar-refractivity contribution in [3.8, 4) is 33.4 Å². The number of nitrogens with zero attached hydrogens (tertiary/aromatic N) is 1. The number of hydrogen-bond donors (Lipinski definition) is 0. The first-order chi connectivity index (χ1) is 23.7. The van der Waals surface area contributed by atoms with E-state index in [0.717, 1.165) is 29.9 Å². The molecule has 0 N–H and O–H groups in total. The van der Waals surface area contributed by atoms with Crippen LogP contribution in [0.2, 0.25) is 0 Å². The number of aryl methyl sites for hydroxylation is 2. The lowest BCUT2D eigenvalue weighted by Crippen LogP contribution is -2.15. The maximum Gasteiger partial charge on any atom is 0.0462 e. The summed E-state index contributed by atoms with van der Waals surface area (Å²) < 4.78 is 0. The van der Waals surface area contributed by atoms with Crippen molar-refractivity contribution in [1.82, 2.24) is 0 Å². The fraction of sp³-hybridized carbons (Fsp3) is 0.0638. The Morgan fingerprint density at radius 3 is 1.88 bits per heavy atom. The van der Waals surface area contributed by atoms with Crippen LogP contribution < -0.4 is 4.90 Å². The molecule has 0 unspecified atom stereocenters. The molecule has 1 aliphatic rings. The van der Waals surface area contributed by atoms with Crippen LogP contribution in [0.15, 0.2) is 182 Å². The van der Waals surface area contributed by atoms with Gasteiger partial charge in [0.1, 0.15) is 0 Å². The summed E-state index contributed by atoms with van der Waals surface area (Å²) in [5.41, 5.74) is 13.7. The van der Waals surface area contributed by atoms with Crippen LogP contribution in [-0.4, -0.2) is 0 Å². The summed E-state index contributed by atoms with van der Waals surface area (Å²) in [4.78, 5) is 2.30. The Morgan fingerprint density at radius 1 is 0.542 bits per heavy atom. The molecule has 0 fully saturated rings. The van der Waals surface area contributed by atoms with E-state index in [1.165, 1.54) is 66.1 Å². The molecule has 0 bridgehead atoms. The molecule has 7 aromatic carbocycles. The first kappa shape index (κ1) is 29.5. The number of fused-ring (bicyclic) bond motifs is 6. The van der Waals surface area contributed by atoms with Gasteiger partial charge in [0.05, 0.1) is 0 Å². The average Bonchev–Trinajstić information content (AvgIpc) is 3.15. The van der Waals surface area contributed by atoms with Crippen molar-refractivity contribution >= 4 is 32.9 Å². The van der Waals surface area contributed by atoms with Gasteiger partial charge in [0, 0.05) is 17.1 Å². The second kappa shape index (κ2) is 12.7. The highest BCUT2D eigenvalue weighted by atomic mass is 15.1. The van der Waals surface area contributed by atoms with Crippen molar-refractivity contribution in [3.63, 3.8) is 0 Å². The second-order valence-electron chi connectivity index (χ2n) is 12.5. The molecule has 48 heavy (non-hydrogen) atoms. The van der Waals surface area contributed by atoms with E-state index in [9.17, 15) is 0 Å². The van der Waals surface area contributed by atoms with Crippen molar-refractivity contribution in [1.29, 1.82) is 0 Å². The Balaban J connectivity index is 1.17. The number of rotatable bonds is 7. The standard InChI is InChI=1S/C47H37N/c1-3-11-39(12-4-2)48(40-27-23-33(24-28-40)37-22-21-35-20-19-34-13-5-7-15-42(34)46(35)31-37)41-29-25-36(26-30-41)47-32-38-14-6-8-16-43(38)44-17-9-10-18-45(44)47/h3-18,21-32H,1,19-20H2,2H3/b12-4-,39-11+. The van der Waals surface area contributed by atoms with Crippen molar-refractivity contribution in [2.45, 2.75) is 19.8 Å². The third-order valence-electron chi connectivity index (χ3n) is 9.63. The quantitative estimate of drug-likeness (QED) is 0.127. The number of anilines is 2. The molecule has 7 aromatic rings. The molecule has 0 saturated carbocycles. The van der Waals surface area contributed by atoms with Gasteiger partial charge < -0.3 is 4.90 Å². The SMILES string of the molecule is C=C/C=C(\C=C/C)N(c1ccc(-c2ccc3c(c2)-c2ccccc2CC3)cc1)c1ccc(-c2cc3ccccc3c3ccccc23)cc1. The van der Waals surface area contributed by atoms with Crippen LogP contribution in [0.1, 0.15) is 18.1 Å². The van der Waals surface area contributed by atoms with Crippen LogP contribution in [0.5, 0.6) is 0 Å². The second-order valence-corrected chi connectivity index (χ2v) is 12.5. The van der Waals surface area contributed by atoms with Gasteiger partial charge in [-0.3, -0.25) is 0 Å². The summed E-state index contributed by atoms with van der Waals surface area (Å²) in [6.45, 7) is 6.08. The van der Waals surface area contributed by atoms with E-state index in [2.05, 4.69) is 182 Å². The minimum atomic E-state index is 1.05. The smallest absolute Gasteiger partial charge is 0.0462 e. The fourth-order valence-electron chi connectivity index (χ4n) is 7.32. The normalized spacial score (nSPS) is 12.6. The van der Waals surface area contributed by atoms with E-state index in [1.807, 2.05) is 6.08 Å². The predicted octanol–water partition coefficient (Wildman–Crippen LogP) is 12.9. The summed E-state index contributed by atoms with van der Waals surface area (Å²) >= 11 is 0. The number of hydrogen-bond acceptors (Lipinski definition) is 1. The number of allylic oxidation sites excluding steroid dienone is 4. The third kappa shape index (κ3) is 5.34. The van der Waals surface area contributed by atoms with Crippen molar-refractivity contribution < 1.29 is 0 Å². The van der Waals surface area contributed by atoms with Gasteiger partial charge in [0.25, 0.3) is 0 Å². The van der Waals surface area contributed by atoms with Gasteiger partial charge in [0.2, 0.25) is 0 Å². The molecule has 0 amide bonds. The Hall–Kier alpha value is -5.92. The van der Waals surface area contributed by atoms with Crippen LogP contribution in [0.3, 0.4) is 0 Å². The molecule has 0 spiro atoms. The Kier molecular flexibility index (Phi) is 7.80. The maximum absolute atomic E-state index is 4.03. The first-order valence-electron chi connectivity index (χ1n) is 16.8. The molecule has 1 aliphatic carbocycles. The van der Waals surface area contributed by atoms with Crippen molar-refractivity contribution in [2.24, 2.45) is 0 Å². The molecule has 0 saturated heterocycles. The number of benzene rings is 7. The fourth-order valence-corrected chi connectivity index (χ4v) is 7.32. The van der Waals surface area contributed by atoms with Crippen LogP contribution >= 0.6 is 0 Å². The largest absolute Gasteiger partial charge is 0.311 e. The molecule has 0 heterocycles. The summed E-state index contributed by atoms with van der Waals surface area (Å²) in [5.74, 6) is 0. The average molecular weight is 616 g/mol. The van der Waals surface area contributed by atoms with Gasteiger partial charge in [-0.15, -0.1) is 0 Å². The van der Waals surface area contributed by atoms with Gasteiger partial charge in [-0.2, -0.15) is 0 Å². The zero-order valence-electron chi connectivity index (χ0n) is 27.2. The summed E-state index contributed by atoms with van der Waals surface area (Å²) in [6, 6.07) is 53.4. The van der Waals surface area contributed by atoms with E-state index in [4.69, 9.17) is 0 Å². The Bertz CT molecular complexity index is 2350. The van der Waals surface area contributed by atoms with Crippen LogP contribution in [0.25, 0.3) is 54.9 Å². The summed E-state index contributed by atoms with van der Waals surface area (Å²) in [6.07, 6.45) is 10.4. The molecule has 1 nitrogen and oxygen atoms in total. The van der Waals surface area contributed by atoms with Crippen LogP contribution in [-0.2, 0) is 12.8 Å². The third-order valence-corrected chi connectivity index (χ3v) is 9.63. The highest BCUT2D eigenvalue weighted by molar-refractivity contribution is 6.13. The lowest BCUT2D eigenvalue weighted by Gasteiger charge is -2.27. The summed E-state index contributed by atoms with van der Waals surface area (Å²) in [7, 11) is 0. The van der Waals surface area contributed by atoms with E-state index in [0.29, 0.717) is 0 Å². The van der Waals surface area contributed by atoms with Gasteiger partial charge in [-0.05, 0) is 134 Å².